The highest BCUT2D eigenvalue weighted by Gasteiger charge is 2.19. The van der Waals surface area contributed by atoms with Crippen molar-refractivity contribution in [2.45, 2.75) is 25.2 Å². The molecule has 1 atom stereocenters. The van der Waals surface area contributed by atoms with Crippen LogP contribution in [0.25, 0.3) is 16.8 Å². The van der Waals surface area contributed by atoms with Gasteiger partial charge in [-0.25, -0.2) is 4.98 Å². The number of rotatable bonds is 3. The molecule has 1 fully saturated rings. The predicted molar refractivity (Wildman–Crippen MR) is 97.0 cm³/mol. The lowest BCUT2D eigenvalue weighted by Gasteiger charge is -2.22. The van der Waals surface area contributed by atoms with Crippen LogP contribution in [0.5, 0.6) is 0 Å². The lowest BCUT2D eigenvalue weighted by Crippen LogP contribution is -2.29. The van der Waals surface area contributed by atoms with Crippen LogP contribution in [0.15, 0.2) is 36.5 Å². The van der Waals surface area contributed by atoms with Gasteiger partial charge in [0.25, 0.3) is 0 Å². The average Bonchev–Trinajstić information content (AvgIpc) is 3.08. The van der Waals surface area contributed by atoms with E-state index in [1.807, 2.05) is 30.3 Å². The molecule has 0 aliphatic carbocycles. The highest BCUT2D eigenvalue weighted by Crippen LogP contribution is 2.29. The number of nitriles is 1. The summed E-state index contributed by atoms with van der Waals surface area (Å²) >= 11 is 0. The van der Waals surface area contributed by atoms with Crippen LogP contribution < -0.4 is 11.1 Å². The fourth-order valence-electron chi connectivity index (χ4n) is 3.42. The number of nitrogens with two attached hydrogens (primary N) is 1. The number of fused-ring (bicyclic) bond motifs is 1. The van der Waals surface area contributed by atoms with Crippen molar-refractivity contribution < 1.29 is 0 Å². The molecule has 4 rings (SSSR count). The molecule has 0 spiro atoms. The molecule has 1 aliphatic rings. The smallest absolute Gasteiger partial charge is 0.165 e. The molecule has 0 amide bonds. The van der Waals surface area contributed by atoms with Crippen LogP contribution in [-0.4, -0.2) is 27.7 Å². The molecular formula is C19H20N6. The zero-order valence-electron chi connectivity index (χ0n) is 13.9. The van der Waals surface area contributed by atoms with Crippen molar-refractivity contribution in [3.05, 3.63) is 47.8 Å². The molecule has 0 bridgehead atoms. The number of hydrogen-bond acceptors (Lipinski definition) is 5. The van der Waals surface area contributed by atoms with E-state index in [1.54, 1.807) is 10.7 Å². The van der Waals surface area contributed by atoms with E-state index in [4.69, 9.17) is 16.0 Å². The maximum Gasteiger partial charge on any atom is 0.165 e. The SMILES string of the molecule is N#CCc1ccc(-c2cnn3c(N)cc(C4CCCNC4)nc23)cc1. The Balaban J connectivity index is 1.76. The molecule has 2 aromatic heterocycles. The van der Waals surface area contributed by atoms with E-state index in [9.17, 15) is 0 Å². The summed E-state index contributed by atoms with van der Waals surface area (Å²) in [6, 6.07) is 12.1. The second-order valence-electron chi connectivity index (χ2n) is 6.47. The molecule has 1 unspecified atom stereocenters. The van der Waals surface area contributed by atoms with Crippen molar-refractivity contribution in [1.82, 2.24) is 19.9 Å². The Morgan fingerprint density at radius 3 is 2.88 bits per heavy atom. The Morgan fingerprint density at radius 2 is 2.16 bits per heavy atom. The highest BCUT2D eigenvalue weighted by molar-refractivity contribution is 5.78. The average molecular weight is 332 g/mol. The van der Waals surface area contributed by atoms with Crippen molar-refractivity contribution in [1.29, 1.82) is 5.26 Å². The number of nitrogens with zero attached hydrogens (tertiary/aromatic N) is 4. The summed E-state index contributed by atoms with van der Waals surface area (Å²) in [7, 11) is 0. The van der Waals surface area contributed by atoms with Crippen LogP contribution in [0.2, 0.25) is 0 Å². The Hall–Kier alpha value is -2.91. The van der Waals surface area contributed by atoms with Crippen LogP contribution in [0.3, 0.4) is 0 Å². The number of nitrogens with one attached hydrogen (secondary N) is 1. The second kappa shape index (κ2) is 6.54. The van der Waals surface area contributed by atoms with E-state index in [0.717, 1.165) is 54.0 Å². The third-order valence-corrected chi connectivity index (χ3v) is 4.78. The van der Waals surface area contributed by atoms with Gasteiger partial charge in [0, 0.05) is 24.1 Å². The monoisotopic (exact) mass is 332 g/mol. The first-order valence-electron chi connectivity index (χ1n) is 8.57. The van der Waals surface area contributed by atoms with Gasteiger partial charge in [-0.05, 0) is 30.5 Å². The number of nitrogen functional groups attached to an aromatic ring is 1. The normalized spacial score (nSPS) is 17.5. The molecule has 25 heavy (non-hydrogen) atoms. The molecular weight excluding hydrogens is 312 g/mol. The van der Waals surface area contributed by atoms with E-state index < -0.39 is 0 Å². The molecule has 6 nitrogen and oxygen atoms in total. The minimum atomic E-state index is 0.391. The van der Waals surface area contributed by atoms with E-state index in [2.05, 4.69) is 16.5 Å². The molecule has 0 saturated carbocycles. The minimum absolute atomic E-state index is 0.391. The highest BCUT2D eigenvalue weighted by atomic mass is 15.3. The molecule has 3 N–H and O–H groups in total. The van der Waals surface area contributed by atoms with Gasteiger partial charge < -0.3 is 11.1 Å². The van der Waals surface area contributed by atoms with Crippen molar-refractivity contribution in [3.63, 3.8) is 0 Å². The molecule has 3 heterocycles. The van der Waals surface area contributed by atoms with Crippen LogP contribution >= 0.6 is 0 Å². The summed E-state index contributed by atoms with van der Waals surface area (Å²) in [5, 5.41) is 16.6. The summed E-state index contributed by atoms with van der Waals surface area (Å²) in [6.07, 6.45) is 4.51. The zero-order valence-corrected chi connectivity index (χ0v) is 13.9. The van der Waals surface area contributed by atoms with Gasteiger partial charge in [0.15, 0.2) is 5.65 Å². The maximum atomic E-state index is 8.81. The topological polar surface area (TPSA) is 92.0 Å². The standard InChI is InChI=1S/C19H20N6/c20-8-7-13-3-5-14(6-4-13)16-12-23-25-18(21)10-17(24-19(16)25)15-2-1-9-22-11-15/h3-6,10,12,15,22H,1-2,7,9,11,21H2. The molecule has 1 saturated heterocycles. The van der Waals surface area contributed by atoms with Gasteiger partial charge in [0.1, 0.15) is 5.82 Å². The largest absolute Gasteiger partial charge is 0.384 e. The maximum absolute atomic E-state index is 8.81. The van der Waals surface area contributed by atoms with Crippen LogP contribution in [0, 0.1) is 11.3 Å². The Kier molecular flexibility index (Phi) is 4.08. The van der Waals surface area contributed by atoms with Gasteiger partial charge in [-0.3, -0.25) is 0 Å². The minimum Gasteiger partial charge on any atom is -0.384 e. The van der Waals surface area contributed by atoms with Gasteiger partial charge >= 0.3 is 0 Å². The Bertz CT molecular complexity index is 929. The Morgan fingerprint density at radius 1 is 1.32 bits per heavy atom. The number of aromatic nitrogens is 3. The quantitative estimate of drug-likeness (QED) is 0.769. The van der Waals surface area contributed by atoms with Crippen molar-refractivity contribution in [3.8, 4) is 17.2 Å². The summed E-state index contributed by atoms with van der Waals surface area (Å²) in [6.45, 7) is 2.01. The number of piperidine rings is 1. The van der Waals surface area contributed by atoms with Gasteiger partial charge in [-0.2, -0.15) is 14.9 Å². The molecule has 1 aliphatic heterocycles. The fourth-order valence-corrected chi connectivity index (χ4v) is 3.42. The first-order valence-corrected chi connectivity index (χ1v) is 8.57. The zero-order chi connectivity index (χ0) is 17.2. The van der Waals surface area contributed by atoms with Gasteiger partial charge in [-0.1, -0.05) is 24.3 Å². The lowest BCUT2D eigenvalue weighted by molar-refractivity contribution is 0.455. The van der Waals surface area contributed by atoms with E-state index >= 15 is 0 Å². The van der Waals surface area contributed by atoms with Gasteiger partial charge in [0.05, 0.1) is 24.4 Å². The van der Waals surface area contributed by atoms with Gasteiger partial charge in [-0.15, -0.1) is 0 Å². The first kappa shape index (κ1) is 15.6. The number of anilines is 1. The van der Waals surface area contributed by atoms with Crippen molar-refractivity contribution >= 4 is 11.5 Å². The molecule has 0 radical (unpaired) electrons. The van der Waals surface area contributed by atoms with Gasteiger partial charge in [0.2, 0.25) is 0 Å². The molecule has 1 aromatic carbocycles. The lowest BCUT2D eigenvalue weighted by atomic mass is 9.96. The van der Waals surface area contributed by atoms with Crippen LogP contribution in [0.4, 0.5) is 5.82 Å². The summed E-state index contributed by atoms with van der Waals surface area (Å²) in [5.74, 6) is 1.000. The van der Waals surface area contributed by atoms with E-state index in [0.29, 0.717) is 18.2 Å². The molecule has 3 aromatic rings. The van der Waals surface area contributed by atoms with E-state index in [1.165, 1.54) is 0 Å². The summed E-state index contributed by atoms with van der Waals surface area (Å²) < 4.78 is 1.69. The number of hydrogen-bond donors (Lipinski definition) is 2. The molecule has 126 valence electrons. The summed E-state index contributed by atoms with van der Waals surface area (Å²) in [5.41, 5.74) is 11.0. The van der Waals surface area contributed by atoms with Crippen molar-refractivity contribution in [2.24, 2.45) is 0 Å². The van der Waals surface area contributed by atoms with Crippen LogP contribution in [-0.2, 0) is 6.42 Å². The predicted octanol–water partition coefficient (Wildman–Crippen LogP) is 2.51. The van der Waals surface area contributed by atoms with E-state index in [-0.39, 0.29) is 0 Å². The third kappa shape index (κ3) is 2.94. The van der Waals surface area contributed by atoms with Crippen molar-refractivity contribution in [2.75, 3.05) is 18.8 Å². The number of benzene rings is 1. The third-order valence-electron chi connectivity index (χ3n) is 4.78. The molecule has 6 heteroatoms. The van der Waals surface area contributed by atoms with Crippen LogP contribution in [0.1, 0.15) is 30.0 Å². The first-order chi connectivity index (χ1) is 12.3. The second-order valence-corrected chi connectivity index (χ2v) is 6.47. The summed E-state index contributed by atoms with van der Waals surface area (Å²) in [4.78, 5) is 4.88. The fraction of sp³-hybridized carbons (Fsp3) is 0.316. The Labute approximate surface area is 146 Å².